The summed E-state index contributed by atoms with van der Waals surface area (Å²) in [7, 11) is 0. The van der Waals surface area contributed by atoms with E-state index in [1.54, 1.807) is 18.1 Å². The second-order valence-corrected chi connectivity index (χ2v) is 6.54. The number of aliphatic imine (C=N–C) groups is 1. The number of amidine groups is 1. The number of nitrogens with zero attached hydrogens (tertiary/aromatic N) is 5. The van der Waals surface area contributed by atoms with Crippen LogP contribution in [0.4, 0.5) is 0 Å². The number of rotatable bonds is 6. The van der Waals surface area contributed by atoms with Gasteiger partial charge in [-0.3, -0.25) is 9.79 Å². The van der Waals surface area contributed by atoms with Crippen molar-refractivity contribution in [1.29, 1.82) is 0 Å². The normalized spacial score (nSPS) is 18.3. The van der Waals surface area contributed by atoms with Gasteiger partial charge in [0.1, 0.15) is 12.2 Å². The first-order chi connectivity index (χ1) is 11.2. The van der Waals surface area contributed by atoms with Gasteiger partial charge in [-0.05, 0) is 25.2 Å². The molecule has 0 saturated carbocycles. The van der Waals surface area contributed by atoms with Gasteiger partial charge in [-0.2, -0.15) is 5.10 Å². The molecule has 0 unspecified atom stereocenters. The van der Waals surface area contributed by atoms with Gasteiger partial charge in [0.05, 0.1) is 12.5 Å². The van der Waals surface area contributed by atoms with Crippen LogP contribution in [0.2, 0.25) is 0 Å². The van der Waals surface area contributed by atoms with E-state index in [1.807, 2.05) is 17.0 Å². The van der Waals surface area contributed by atoms with Gasteiger partial charge >= 0.3 is 0 Å². The zero-order chi connectivity index (χ0) is 16.2. The van der Waals surface area contributed by atoms with Gasteiger partial charge in [-0.1, -0.05) is 18.7 Å². The minimum atomic E-state index is -0.152. The molecule has 1 aromatic heterocycles. The minimum Gasteiger partial charge on any atom is -0.346 e. The van der Waals surface area contributed by atoms with Gasteiger partial charge in [-0.25, -0.2) is 9.67 Å². The smallest absolute Gasteiger partial charge is 0.226 e. The highest BCUT2D eigenvalue weighted by atomic mass is 32.2. The maximum Gasteiger partial charge on any atom is 0.226 e. The van der Waals surface area contributed by atoms with E-state index in [1.165, 1.54) is 0 Å². The van der Waals surface area contributed by atoms with Crippen LogP contribution in [0.25, 0.3) is 0 Å². The Morgan fingerprint density at radius 1 is 1.52 bits per heavy atom. The fraction of sp³-hybridized carbons (Fsp3) is 0.600. The number of carbonyl (C=O) groups is 1. The number of thioether (sulfide) groups is 1. The maximum absolute atomic E-state index is 12.4. The summed E-state index contributed by atoms with van der Waals surface area (Å²) in [5.74, 6) is 0.803. The lowest BCUT2D eigenvalue weighted by Gasteiger charge is -2.25. The van der Waals surface area contributed by atoms with Gasteiger partial charge in [0.15, 0.2) is 5.17 Å². The molecule has 7 nitrogen and oxygen atoms in total. The Kier molecular flexibility index (Phi) is 5.00. The fourth-order valence-electron chi connectivity index (χ4n) is 2.79. The number of hydrogen-bond donors (Lipinski definition) is 1. The Labute approximate surface area is 140 Å². The largest absolute Gasteiger partial charge is 0.346 e. The SMILES string of the molecule is CCCn1ncnc1[C@H](C)NC(=O)CC1=CSC2=NCCCN12. The van der Waals surface area contributed by atoms with Crippen LogP contribution in [0.5, 0.6) is 0 Å². The van der Waals surface area contributed by atoms with Crippen molar-refractivity contribution in [3.63, 3.8) is 0 Å². The van der Waals surface area contributed by atoms with Crippen LogP contribution < -0.4 is 5.32 Å². The zero-order valence-electron chi connectivity index (χ0n) is 13.5. The van der Waals surface area contributed by atoms with Crippen LogP contribution in [0.3, 0.4) is 0 Å². The molecule has 1 aromatic rings. The minimum absolute atomic E-state index is 0.00206. The van der Waals surface area contributed by atoms with Gasteiger partial charge in [0, 0.05) is 25.3 Å². The number of carbonyl (C=O) groups excluding carboxylic acids is 1. The molecular formula is C15H22N6OS. The van der Waals surface area contributed by atoms with Crippen molar-refractivity contribution >= 4 is 22.8 Å². The van der Waals surface area contributed by atoms with Crippen LogP contribution in [0.15, 0.2) is 22.4 Å². The number of aromatic nitrogens is 3. The molecule has 0 spiro atoms. The topological polar surface area (TPSA) is 75.4 Å². The highest BCUT2D eigenvalue weighted by Crippen LogP contribution is 2.30. The predicted molar refractivity (Wildman–Crippen MR) is 90.8 cm³/mol. The number of nitrogens with one attached hydrogen (secondary N) is 1. The van der Waals surface area contributed by atoms with Crippen LogP contribution in [0.1, 0.15) is 45.0 Å². The van der Waals surface area contributed by atoms with Crippen molar-refractivity contribution in [1.82, 2.24) is 25.0 Å². The number of fused-ring (bicyclic) bond motifs is 1. The quantitative estimate of drug-likeness (QED) is 0.860. The molecule has 1 amide bonds. The van der Waals surface area contributed by atoms with Crippen LogP contribution in [0, 0.1) is 0 Å². The molecule has 1 N–H and O–H groups in total. The summed E-state index contributed by atoms with van der Waals surface area (Å²) in [5, 5.41) is 10.3. The molecule has 0 aromatic carbocycles. The lowest BCUT2D eigenvalue weighted by molar-refractivity contribution is -0.121. The lowest BCUT2D eigenvalue weighted by atomic mass is 10.2. The maximum atomic E-state index is 12.4. The van der Waals surface area contributed by atoms with Gasteiger partial charge in [0.25, 0.3) is 0 Å². The van der Waals surface area contributed by atoms with E-state index in [9.17, 15) is 4.79 Å². The van der Waals surface area contributed by atoms with E-state index in [2.05, 4.69) is 32.2 Å². The molecular weight excluding hydrogens is 312 g/mol. The number of amides is 1. The molecule has 3 rings (SSSR count). The summed E-state index contributed by atoms with van der Waals surface area (Å²) in [5.41, 5.74) is 1.04. The molecule has 124 valence electrons. The summed E-state index contributed by atoms with van der Waals surface area (Å²) >= 11 is 1.61. The van der Waals surface area contributed by atoms with Crippen molar-refractivity contribution in [3.05, 3.63) is 23.3 Å². The predicted octanol–water partition coefficient (Wildman–Crippen LogP) is 1.91. The molecule has 0 radical (unpaired) electrons. The Balaban J connectivity index is 1.58. The number of hydrogen-bond acceptors (Lipinski definition) is 6. The average Bonchev–Trinajstić information content (AvgIpc) is 3.15. The number of aryl methyl sites for hydroxylation is 1. The van der Waals surface area contributed by atoms with Crippen molar-refractivity contribution in [2.24, 2.45) is 4.99 Å². The monoisotopic (exact) mass is 334 g/mol. The van der Waals surface area contributed by atoms with Crippen molar-refractivity contribution in [3.8, 4) is 0 Å². The molecule has 0 fully saturated rings. The molecule has 23 heavy (non-hydrogen) atoms. The molecule has 2 aliphatic rings. The first-order valence-corrected chi connectivity index (χ1v) is 8.91. The standard InChI is InChI=1S/C15H22N6OS/c1-3-6-21-14(17-10-18-21)11(2)19-13(22)8-12-9-23-15-16-5-4-7-20(12)15/h9-11H,3-8H2,1-2H3,(H,19,22)/t11-/m0/s1. The van der Waals surface area contributed by atoms with Gasteiger partial charge in [-0.15, -0.1) is 0 Å². The third kappa shape index (κ3) is 3.57. The summed E-state index contributed by atoms with van der Waals surface area (Å²) in [4.78, 5) is 23.3. The average molecular weight is 334 g/mol. The van der Waals surface area contributed by atoms with Crippen molar-refractivity contribution in [2.45, 2.75) is 45.7 Å². The highest BCUT2D eigenvalue weighted by Gasteiger charge is 2.26. The zero-order valence-corrected chi connectivity index (χ0v) is 14.3. The van der Waals surface area contributed by atoms with E-state index in [0.29, 0.717) is 6.42 Å². The molecule has 0 bridgehead atoms. The third-order valence-corrected chi connectivity index (χ3v) is 4.80. The van der Waals surface area contributed by atoms with Crippen LogP contribution in [-0.4, -0.2) is 43.8 Å². The van der Waals surface area contributed by atoms with Gasteiger partial charge in [0.2, 0.25) is 5.91 Å². The third-order valence-electron chi connectivity index (χ3n) is 3.85. The first-order valence-electron chi connectivity index (χ1n) is 8.03. The highest BCUT2D eigenvalue weighted by molar-refractivity contribution is 8.16. The molecule has 8 heteroatoms. The molecule has 2 aliphatic heterocycles. The Morgan fingerprint density at radius 2 is 2.39 bits per heavy atom. The van der Waals surface area contributed by atoms with Crippen molar-refractivity contribution < 1.29 is 4.79 Å². The lowest BCUT2D eigenvalue weighted by Crippen LogP contribution is -2.34. The molecule has 0 saturated heterocycles. The summed E-state index contributed by atoms with van der Waals surface area (Å²) < 4.78 is 1.85. The Morgan fingerprint density at radius 3 is 3.22 bits per heavy atom. The van der Waals surface area contributed by atoms with E-state index in [4.69, 9.17) is 0 Å². The van der Waals surface area contributed by atoms with Gasteiger partial charge < -0.3 is 10.2 Å². The van der Waals surface area contributed by atoms with Crippen LogP contribution in [-0.2, 0) is 11.3 Å². The van der Waals surface area contributed by atoms with Crippen molar-refractivity contribution in [2.75, 3.05) is 13.1 Å². The summed E-state index contributed by atoms with van der Waals surface area (Å²) in [6, 6.07) is -0.152. The van der Waals surface area contributed by atoms with E-state index in [0.717, 1.165) is 49.2 Å². The molecule has 0 aliphatic carbocycles. The second kappa shape index (κ2) is 7.16. The molecule has 1 atom stereocenters. The van der Waals surface area contributed by atoms with E-state index >= 15 is 0 Å². The molecule has 3 heterocycles. The fourth-order valence-corrected chi connectivity index (χ4v) is 3.74. The summed E-state index contributed by atoms with van der Waals surface area (Å²) in [6.45, 7) is 6.68. The van der Waals surface area contributed by atoms with E-state index in [-0.39, 0.29) is 11.9 Å². The van der Waals surface area contributed by atoms with Crippen LogP contribution >= 0.6 is 11.8 Å². The van der Waals surface area contributed by atoms with E-state index < -0.39 is 0 Å². The Bertz CT molecular complexity index is 638. The second-order valence-electron chi connectivity index (χ2n) is 5.70. The Hall–Kier alpha value is -1.83. The summed E-state index contributed by atoms with van der Waals surface area (Å²) in [6.07, 6.45) is 3.94. The first kappa shape index (κ1) is 16.0.